The predicted molar refractivity (Wildman–Crippen MR) is 71.7 cm³/mol. The minimum atomic E-state index is -4.11. The molecule has 2 rings (SSSR count). The summed E-state index contributed by atoms with van der Waals surface area (Å²) >= 11 is 0. The first-order valence-corrected chi connectivity index (χ1v) is 7.53. The maximum absolute atomic E-state index is 12.7. The normalized spacial score (nSPS) is 28.1. The lowest BCUT2D eigenvalue weighted by Gasteiger charge is -2.41. The molecule has 1 atom stereocenters. The summed E-state index contributed by atoms with van der Waals surface area (Å²) in [5.41, 5.74) is -0.165. The summed E-state index contributed by atoms with van der Waals surface area (Å²) in [6.45, 7) is 4.61. The Kier molecular flexibility index (Phi) is 5.31. The van der Waals surface area contributed by atoms with Crippen LogP contribution in [-0.4, -0.2) is 56.5 Å². The van der Waals surface area contributed by atoms with E-state index in [2.05, 4.69) is 5.32 Å². The van der Waals surface area contributed by atoms with Gasteiger partial charge in [0.2, 0.25) is 0 Å². The number of ether oxygens (including phenoxy) is 1. The van der Waals surface area contributed by atoms with Gasteiger partial charge in [0.05, 0.1) is 13.2 Å². The van der Waals surface area contributed by atoms with Gasteiger partial charge < -0.3 is 10.1 Å². The van der Waals surface area contributed by atoms with Crippen LogP contribution in [0.3, 0.4) is 0 Å². The lowest BCUT2D eigenvalue weighted by Crippen LogP contribution is -2.51. The Hall–Kier alpha value is -0.330. The molecule has 0 radical (unpaired) electrons. The first kappa shape index (κ1) is 16.0. The third kappa shape index (κ3) is 4.90. The van der Waals surface area contributed by atoms with Gasteiger partial charge in [0.15, 0.2) is 0 Å². The second kappa shape index (κ2) is 6.62. The number of alkyl halides is 3. The Morgan fingerprint density at radius 1 is 1.35 bits per heavy atom. The van der Waals surface area contributed by atoms with Crippen molar-refractivity contribution < 1.29 is 17.9 Å². The zero-order valence-corrected chi connectivity index (χ0v) is 12.1. The van der Waals surface area contributed by atoms with Gasteiger partial charge in [-0.15, -0.1) is 0 Å². The summed E-state index contributed by atoms with van der Waals surface area (Å²) in [5, 5.41) is 3.30. The quantitative estimate of drug-likeness (QED) is 0.780. The number of hydrogen-bond acceptors (Lipinski definition) is 3. The van der Waals surface area contributed by atoms with E-state index in [1.165, 1.54) is 0 Å². The van der Waals surface area contributed by atoms with Crippen LogP contribution >= 0.6 is 0 Å². The van der Waals surface area contributed by atoms with Crippen molar-refractivity contribution in [1.82, 2.24) is 10.2 Å². The molecule has 1 saturated heterocycles. The Bertz CT molecular complexity index is 299. The van der Waals surface area contributed by atoms with Gasteiger partial charge >= 0.3 is 6.18 Å². The number of nitrogens with one attached hydrogen (secondary N) is 1. The van der Waals surface area contributed by atoms with Crippen molar-refractivity contribution in [2.45, 2.75) is 44.8 Å². The highest BCUT2D eigenvalue weighted by Crippen LogP contribution is 2.36. The maximum Gasteiger partial charge on any atom is 0.401 e. The minimum absolute atomic E-state index is 0.122. The zero-order valence-electron chi connectivity index (χ0n) is 12.1. The van der Waals surface area contributed by atoms with Crippen LogP contribution < -0.4 is 5.32 Å². The van der Waals surface area contributed by atoms with Gasteiger partial charge in [-0.05, 0) is 32.2 Å². The molecule has 6 heteroatoms. The third-order valence-corrected chi connectivity index (χ3v) is 4.14. The molecule has 118 valence electrons. The highest BCUT2D eigenvalue weighted by atomic mass is 19.4. The maximum atomic E-state index is 12.7. The fourth-order valence-electron chi connectivity index (χ4n) is 3.04. The molecule has 3 nitrogen and oxygen atoms in total. The van der Waals surface area contributed by atoms with E-state index in [9.17, 15) is 13.2 Å². The van der Waals surface area contributed by atoms with Crippen molar-refractivity contribution in [2.24, 2.45) is 5.41 Å². The van der Waals surface area contributed by atoms with Gasteiger partial charge in [0.25, 0.3) is 0 Å². The topological polar surface area (TPSA) is 24.5 Å². The second-order valence-electron chi connectivity index (χ2n) is 6.19. The van der Waals surface area contributed by atoms with Crippen LogP contribution in [-0.2, 0) is 4.74 Å². The van der Waals surface area contributed by atoms with Crippen molar-refractivity contribution in [3.63, 3.8) is 0 Å². The third-order valence-electron chi connectivity index (χ3n) is 4.14. The molecular formula is C14H25F3N2O. The average molecular weight is 294 g/mol. The van der Waals surface area contributed by atoms with Crippen molar-refractivity contribution in [2.75, 3.05) is 39.4 Å². The summed E-state index contributed by atoms with van der Waals surface area (Å²) in [4.78, 5) is 1.63. The van der Waals surface area contributed by atoms with Crippen LogP contribution in [0.2, 0.25) is 0 Å². The lowest BCUT2D eigenvalue weighted by atomic mass is 9.81. The molecule has 1 unspecified atom stereocenters. The molecule has 2 aliphatic rings. The summed E-state index contributed by atoms with van der Waals surface area (Å²) in [7, 11) is 0. The van der Waals surface area contributed by atoms with Crippen molar-refractivity contribution in [3.05, 3.63) is 0 Å². The van der Waals surface area contributed by atoms with Gasteiger partial charge in [-0.3, -0.25) is 4.90 Å². The molecule has 0 spiro atoms. The summed E-state index contributed by atoms with van der Waals surface area (Å²) in [5.74, 6) is 0. The van der Waals surface area contributed by atoms with Gasteiger partial charge in [-0.2, -0.15) is 13.2 Å². The van der Waals surface area contributed by atoms with Crippen LogP contribution in [0, 0.1) is 5.41 Å². The first-order chi connectivity index (χ1) is 9.44. The fraction of sp³-hybridized carbons (Fsp3) is 1.00. The SMILES string of the molecule is CCNCC1(CN(CC(F)(F)F)C2CC2)CCCOC1. The zero-order chi connectivity index (χ0) is 14.6. The van der Waals surface area contributed by atoms with E-state index in [1.807, 2.05) is 6.92 Å². The summed E-state index contributed by atoms with van der Waals surface area (Å²) in [6.07, 6.45) is -0.434. The van der Waals surface area contributed by atoms with Crippen molar-refractivity contribution in [3.8, 4) is 0 Å². The Morgan fingerprint density at radius 2 is 2.10 bits per heavy atom. The van der Waals surface area contributed by atoms with E-state index in [0.29, 0.717) is 13.2 Å². The van der Waals surface area contributed by atoms with Gasteiger partial charge in [-0.1, -0.05) is 6.92 Å². The molecule has 0 aromatic rings. The average Bonchev–Trinajstić information content (AvgIpc) is 3.19. The fourth-order valence-corrected chi connectivity index (χ4v) is 3.04. The monoisotopic (exact) mass is 294 g/mol. The van der Waals surface area contributed by atoms with Crippen molar-refractivity contribution >= 4 is 0 Å². The Morgan fingerprint density at radius 3 is 2.60 bits per heavy atom. The summed E-state index contributed by atoms with van der Waals surface area (Å²) < 4.78 is 43.8. The van der Waals surface area contributed by atoms with Crippen LogP contribution in [0.25, 0.3) is 0 Å². The smallest absolute Gasteiger partial charge is 0.381 e. The van der Waals surface area contributed by atoms with Gasteiger partial charge in [0.1, 0.15) is 0 Å². The lowest BCUT2D eigenvalue weighted by molar-refractivity contribution is -0.153. The highest BCUT2D eigenvalue weighted by molar-refractivity contribution is 4.93. The van der Waals surface area contributed by atoms with Crippen molar-refractivity contribution in [1.29, 1.82) is 0 Å². The van der Waals surface area contributed by atoms with Gasteiger partial charge in [-0.25, -0.2) is 0 Å². The summed E-state index contributed by atoms with van der Waals surface area (Å²) in [6, 6.07) is 0.122. The first-order valence-electron chi connectivity index (χ1n) is 7.53. The van der Waals surface area contributed by atoms with Crippen LogP contribution in [0.1, 0.15) is 32.6 Å². The molecule has 1 aliphatic carbocycles. The molecular weight excluding hydrogens is 269 g/mol. The minimum Gasteiger partial charge on any atom is -0.381 e. The second-order valence-corrected chi connectivity index (χ2v) is 6.19. The molecule has 1 saturated carbocycles. The standard InChI is InChI=1S/C14H25F3N2O/c1-2-18-8-13(6-3-7-20-11-13)9-19(12-4-5-12)10-14(15,16)17/h12,18H,2-11H2,1H3. The van der Waals surface area contributed by atoms with E-state index < -0.39 is 12.7 Å². The Balaban J connectivity index is 1.99. The molecule has 0 aromatic heterocycles. The van der Waals surface area contributed by atoms with E-state index >= 15 is 0 Å². The highest BCUT2D eigenvalue weighted by Gasteiger charge is 2.43. The molecule has 1 aliphatic heterocycles. The largest absolute Gasteiger partial charge is 0.401 e. The molecule has 1 N–H and O–H groups in total. The van der Waals surface area contributed by atoms with E-state index in [0.717, 1.165) is 45.4 Å². The number of rotatable bonds is 7. The molecule has 20 heavy (non-hydrogen) atoms. The molecule has 0 amide bonds. The van der Waals surface area contributed by atoms with E-state index in [-0.39, 0.29) is 11.5 Å². The van der Waals surface area contributed by atoms with Crippen LogP contribution in [0.4, 0.5) is 13.2 Å². The van der Waals surface area contributed by atoms with Gasteiger partial charge in [0, 0.05) is 31.2 Å². The van der Waals surface area contributed by atoms with Crippen LogP contribution in [0.5, 0.6) is 0 Å². The number of halogens is 3. The molecule has 2 fully saturated rings. The number of nitrogens with zero attached hydrogens (tertiary/aromatic N) is 1. The molecule has 0 aromatic carbocycles. The van der Waals surface area contributed by atoms with E-state index in [1.54, 1.807) is 4.90 Å². The molecule has 0 bridgehead atoms. The molecule has 1 heterocycles. The predicted octanol–water partition coefficient (Wildman–Crippen LogP) is 2.42. The van der Waals surface area contributed by atoms with Crippen LogP contribution in [0.15, 0.2) is 0 Å². The Labute approximate surface area is 118 Å². The van der Waals surface area contributed by atoms with E-state index in [4.69, 9.17) is 4.74 Å². The number of hydrogen-bond donors (Lipinski definition) is 1.